The first kappa shape index (κ1) is 20.5. The average molecular weight is 434 g/mol. The molecule has 0 radical (unpaired) electrons. The molecule has 1 N–H and O–H groups in total. The summed E-state index contributed by atoms with van der Waals surface area (Å²) in [5.74, 6) is -0.375. The minimum Gasteiger partial charge on any atom is -0.333 e. The summed E-state index contributed by atoms with van der Waals surface area (Å²) in [5.41, 5.74) is 3.36. The van der Waals surface area contributed by atoms with Crippen molar-refractivity contribution in [1.82, 2.24) is 9.88 Å². The number of anilines is 1. The van der Waals surface area contributed by atoms with Crippen molar-refractivity contribution < 1.29 is 9.59 Å². The predicted molar refractivity (Wildman–Crippen MR) is 116 cm³/mol. The Morgan fingerprint density at radius 1 is 1.25 bits per heavy atom. The number of nitrogens with zero attached hydrogens (tertiary/aromatic N) is 2. The second-order valence-electron chi connectivity index (χ2n) is 6.25. The summed E-state index contributed by atoms with van der Waals surface area (Å²) in [5, 5.41) is 10.2. The molecule has 0 aliphatic carbocycles. The van der Waals surface area contributed by atoms with E-state index in [1.54, 1.807) is 23.5 Å². The van der Waals surface area contributed by atoms with Crippen LogP contribution in [-0.4, -0.2) is 34.8 Å². The number of benzene rings is 1. The van der Waals surface area contributed by atoms with Gasteiger partial charge in [0.2, 0.25) is 11.8 Å². The molecule has 0 fully saturated rings. The normalized spacial score (nSPS) is 10.7. The molecule has 146 valence electrons. The fourth-order valence-corrected chi connectivity index (χ4v) is 4.35. The molecule has 28 heavy (non-hydrogen) atoms. The van der Waals surface area contributed by atoms with Crippen molar-refractivity contribution >= 4 is 51.8 Å². The van der Waals surface area contributed by atoms with Gasteiger partial charge in [0.25, 0.3) is 0 Å². The molecule has 3 aromatic rings. The maximum Gasteiger partial charge on any atom is 0.244 e. The molecule has 3 rings (SSSR count). The monoisotopic (exact) mass is 433 g/mol. The highest BCUT2D eigenvalue weighted by Crippen LogP contribution is 2.26. The van der Waals surface area contributed by atoms with Crippen LogP contribution in [0.25, 0.3) is 10.6 Å². The van der Waals surface area contributed by atoms with E-state index >= 15 is 0 Å². The first-order chi connectivity index (χ1) is 13.5. The fourth-order valence-electron chi connectivity index (χ4n) is 2.64. The summed E-state index contributed by atoms with van der Waals surface area (Å²) in [6, 6.07) is 7.32. The third-order valence-corrected chi connectivity index (χ3v) is 6.05. The minimum absolute atomic E-state index is 0.0111. The van der Waals surface area contributed by atoms with Crippen LogP contribution in [0.5, 0.6) is 0 Å². The van der Waals surface area contributed by atoms with Gasteiger partial charge in [0.1, 0.15) is 5.01 Å². The van der Waals surface area contributed by atoms with Crippen molar-refractivity contribution in [3.05, 3.63) is 56.7 Å². The molecule has 5 nitrogen and oxygen atoms in total. The highest BCUT2D eigenvalue weighted by Gasteiger charge is 2.18. The number of halogens is 1. The van der Waals surface area contributed by atoms with Crippen LogP contribution in [0, 0.1) is 6.92 Å². The number of nitrogens with one attached hydrogen (secondary N) is 1. The molecule has 0 bridgehead atoms. The lowest BCUT2D eigenvalue weighted by Crippen LogP contribution is -2.38. The number of hydrogen-bond acceptors (Lipinski definition) is 5. The Morgan fingerprint density at radius 3 is 2.79 bits per heavy atom. The van der Waals surface area contributed by atoms with E-state index in [4.69, 9.17) is 11.6 Å². The smallest absolute Gasteiger partial charge is 0.244 e. The molecule has 2 amide bonds. The van der Waals surface area contributed by atoms with Gasteiger partial charge in [-0.25, -0.2) is 4.98 Å². The third-order valence-electron chi connectivity index (χ3n) is 4.19. The largest absolute Gasteiger partial charge is 0.333 e. The van der Waals surface area contributed by atoms with Crippen LogP contribution in [0.2, 0.25) is 5.02 Å². The van der Waals surface area contributed by atoms with Gasteiger partial charge in [-0.15, -0.1) is 11.3 Å². The molecular weight excluding hydrogens is 414 g/mol. The second kappa shape index (κ2) is 9.32. The third kappa shape index (κ3) is 5.19. The topological polar surface area (TPSA) is 62.3 Å². The molecule has 1 aromatic carbocycles. The van der Waals surface area contributed by atoms with Crippen molar-refractivity contribution in [3.8, 4) is 10.6 Å². The molecule has 8 heteroatoms. The number of aryl methyl sites for hydroxylation is 1. The summed E-state index contributed by atoms with van der Waals surface area (Å²) in [4.78, 5) is 31.1. The Labute approximate surface area is 177 Å². The van der Waals surface area contributed by atoms with Crippen molar-refractivity contribution in [2.75, 3.05) is 18.4 Å². The zero-order chi connectivity index (χ0) is 20.1. The Kier molecular flexibility index (Phi) is 6.83. The molecule has 2 aromatic heterocycles. The van der Waals surface area contributed by atoms with Gasteiger partial charge in [0.15, 0.2) is 0 Å². The number of rotatable bonds is 7. The Hall–Kier alpha value is -2.22. The molecular formula is C20H20ClN3O2S2. The lowest BCUT2D eigenvalue weighted by molar-refractivity contribution is -0.133. The fraction of sp³-hybridized carbons (Fsp3) is 0.250. The van der Waals surface area contributed by atoms with Crippen molar-refractivity contribution in [2.24, 2.45) is 0 Å². The van der Waals surface area contributed by atoms with Gasteiger partial charge in [-0.2, -0.15) is 11.3 Å². The second-order valence-corrected chi connectivity index (χ2v) is 8.32. The van der Waals surface area contributed by atoms with Crippen LogP contribution in [-0.2, 0) is 16.0 Å². The number of carbonyl (C=O) groups excluding carboxylic acids is 2. The summed E-state index contributed by atoms with van der Waals surface area (Å²) >= 11 is 9.13. The Morgan fingerprint density at radius 2 is 2.07 bits per heavy atom. The van der Waals surface area contributed by atoms with Gasteiger partial charge >= 0.3 is 0 Å². The molecule has 0 aliphatic rings. The predicted octanol–water partition coefficient (Wildman–Crippen LogP) is 4.86. The van der Waals surface area contributed by atoms with E-state index in [1.807, 2.05) is 42.1 Å². The van der Waals surface area contributed by atoms with E-state index in [0.29, 0.717) is 17.3 Å². The minimum atomic E-state index is -0.252. The lowest BCUT2D eigenvalue weighted by Gasteiger charge is -2.20. The Balaban J connectivity index is 1.60. The van der Waals surface area contributed by atoms with Gasteiger partial charge < -0.3 is 10.2 Å². The molecule has 0 aliphatic heterocycles. The average Bonchev–Trinajstić information content (AvgIpc) is 3.34. The van der Waals surface area contributed by atoms with E-state index in [-0.39, 0.29) is 24.8 Å². The molecule has 0 spiro atoms. The molecule has 2 heterocycles. The number of thiophene rings is 1. The highest BCUT2D eigenvalue weighted by atomic mass is 35.5. The van der Waals surface area contributed by atoms with Crippen molar-refractivity contribution in [2.45, 2.75) is 20.3 Å². The van der Waals surface area contributed by atoms with E-state index in [9.17, 15) is 9.59 Å². The van der Waals surface area contributed by atoms with Crippen molar-refractivity contribution in [1.29, 1.82) is 0 Å². The van der Waals surface area contributed by atoms with E-state index in [0.717, 1.165) is 21.8 Å². The number of carbonyl (C=O) groups is 2. The summed E-state index contributed by atoms with van der Waals surface area (Å²) in [6.45, 7) is 4.18. The van der Waals surface area contributed by atoms with Crippen LogP contribution in [0.15, 0.2) is 40.4 Å². The van der Waals surface area contributed by atoms with Crippen LogP contribution >= 0.6 is 34.3 Å². The van der Waals surface area contributed by atoms with Crippen LogP contribution in [0.3, 0.4) is 0 Å². The quantitative estimate of drug-likeness (QED) is 0.578. The van der Waals surface area contributed by atoms with Gasteiger partial charge in [-0.3, -0.25) is 9.59 Å². The maximum atomic E-state index is 12.6. The van der Waals surface area contributed by atoms with E-state index in [2.05, 4.69) is 10.3 Å². The summed E-state index contributed by atoms with van der Waals surface area (Å²) in [7, 11) is 0. The lowest BCUT2D eigenvalue weighted by atomic mass is 10.2. The number of likely N-dealkylation sites (N-methyl/N-ethyl adjacent to an activating group) is 1. The first-order valence-corrected chi connectivity index (χ1v) is 11.0. The number of amides is 2. The van der Waals surface area contributed by atoms with E-state index < -0.39 is 0 Å². The summed E-state index contributed by atoms with van der Waals surface area (Å²) in [6.07, 6.45) is 0.179. The molecule has 0 unspecified atom stereocenters. The standard InChI is InChI=1S/C20H20ClN3O2S2/c1-3-24(10-18(25)23-17-8-15(21)5-4-13(17)2)19(26)9-16-12-28-20(22-16)14-6-7-27-11-14/h4-8,11-12H,3,9-10H2,1-2H3,(H,23,25). The van der Waals surface area contributed by atoms with Crippen molar-refractivity contribution in [3.63, 3.8) is 0 Å². The zero-order valence-corrected chi connectivity index (χ0v) is 18.0. The van der Waals surface area contributed by atoms with Gasteiger partial charge in [-0.1, -0.05) is 17.7 Å². The van der Waals surface area contributed by atoms with Gasteiger partial charge in [0, 0.05) is 33.6 Å². The number of thiazole rings is 1. The molecule has 0 saturated heterocycles. The maximum absolute atomic E-state index is 12.6. The van der Waals surface area contributed by atoms with Crippen LogP contribution in [0.4, 0.5) is 5.69 Å². The highest BCUT2D eigenvalue weighted by molar-refractivity contribution is 7.14. The van der Waals surface area contributed by atoms with E-state index in [1.165, 1.54) is 16.2 Å². The molecule has 0 saturated carbocycles. The number of aromatic nitrogens is 1. The zero-order valence-electron chi connectivity index (χ0n) is 15.6. The SMILES string of the molecule is CCN(CC(=O)Nc1cc(Cl)ccc1C)C(=O)Cc1csc(-c2ccsc2)n1. The first-order valence-electron chi connectivity index (χ1n) is 8.77. The summed E-state index contributed by atoms with van der Waals surface area (Å²) < 4.78 is 0. The van der Waals surface area contributed by atoms with Gasteiger partial charge in [-0.05, 0) is 43.0 Å². The Bertz CT molecular complexity index is 970. The van der Waals surface area contributed by atoms with Crippen LogP contribution in [0.1, 0.15) is 18.2 Å². The van der Waals surface area contributed by atoms with Crippen LogP contribution < -0.4 is 5.32 Å². The molecule has 0 atom stereocenters. The van der Waals surface area contributed by atoms with Gasteiger partial charge in [0.05, 0.1) is 18.7 Å². The number of hydrogen-bond donors (Lipinski definition) is 1.